The van der Waals surface area contributed by atoms with Gasteiger partial charge < -0.3 is 14.5 Å². The normalized spacial score (nSPS) is 14.4. The summed E-state index contributed by atoms with van der Waals surface area (Å²) < 4.78 is 10.9. The highest BCUT2D eigenvalue weighted by atomic mass is 16.6. The van der Waals surface area contributed by atoms with E-state index < -0.39 is 6.09 Å². The second-order valence-electron chi connectivity index (χ2n) is 7.64. The fourth-order valence-corrected chi connectivity index (χ4v) is 3.37. The maximum absolute atomic E-state index is 12.4. The van der Waals surface area contributed by atoms with Crippen molar-refractivity contribution < 1.29 is 13.9 Å². The van der Waals surface area contributed by atoms with Crippen LogP contribution in [-0.4, -0.2) is 12.1 Å². The van der Waals surface area contributed by atoms with Gasteiger partial charge in [-0.25, -0.2) is 4.79 Å². The molecule has 3 aromatic rings. The molecule has 0 spiro atoms. The van der Waals surface area contributed by atoms with Crippen molar-refractivity contribution in [2.24, 2.45) is 5.92 Å². The van der Waals surface area contributed by atoms with E-state index in [-0.39, 0.29) is 0 Å². The average Bonchev–Trinajstić information content (AvgIpc) is 3.36. The fraction of sp³-hybridized carbons (Fsp3) is 0.292. The first-order valence-electron chi connectivity index (χ1n) is 10.1. The fourth-order valence-electron chi connectivity index (χ4n) is 3.37. The molecule has 150 valence electrons. The van der Waals surface area contributed by atoms with Gasteiger partial charge in [0.2, 0.25) is 0 Å². The SMILES string of the molecule is CC(CC1CC1)NCc1ccccc1OC(=O)Nc1ccc(-c2ccco2)cc1. The zero-order valence-electron chi connectivity index (χ0n) is 16.6. The molecule has 0 aliphatic heterocycles. The Bertz CT molecular complexity index is 931. The predicted molar refractivity (Wildman–Crippen MR) is 114 cm³/mol. The number of hydrogen-bond donors (Lipinski definition) is 2. The molecule has 1 amide bonds. The number of amides is 1. The molecule has 1 fully saturated rings. The van der Waals surface area contributed by atoms with E-state index in [0.29, 0.717) is 24.0 Å². The van der Waals surface area contributed by atoms with Crippen LogP contribution in [0.4, 0.5) is 10.5 Å². The molecule has 1 unspecified atom stereocenters. The Morgan fingerprint density at radius 1 is 1.10 bits per heavy atom. The summed E-state index contributed by atoms with van der Waals surface area (Å²) in [7, 11) is 0. The Morgan fingerprint density at radius 2 is 1.90 bits per heavy atom. The van der Waals surface area contributed by atoms with Crippen LogP contribution < -0.4 is 15.4 Å². The van der Waals surface area contributed by atoms with Crippen LogP contribution in [0.2, 0.25) is 0 Å². The van der Waals surface area contributed by atoms with Crippen molar-refractivity contribution in [2.75, 3.05) is 5.32 Å². The summed E-state index contributed by atoms with van der Waals surface area (Å²) in [5.74, 6) is 2.24. The molecule has 29 heavy (non-hydrogen) atoms. The first-order valence-corrected chi connectivity index (χ1v) is 10.1. The lowest BCUT2D eigenvalue weighted by Gasteiger charge is -2.15. The number of nitrogens with one attached hydrogen (secondary N) is 2. The molecular weight excluding hydrogens is 364 g/mol. The summed E-state index contributed by atoms with van der Waals surface area (Å²) in [5, 5.41) is 6.31. The molecule has 1 saturated carbocycles. The van der Waals surface area contributed by atoms with Gasteiger partial charge in [0, 0.05) is 29.4 Å². The number of rotatable bonds is 8. The van der Waals surface area contributed by atoms with Gasteiger partial charge in [0.25, 0.3) is 0 Å². The minimum Gasteiger partial charge on any atom is -0.464 e. The molecular formula is C24H26N2O3. The number of hydrogen-bond acceptors (Lipinski definition) is 4. The molecule has 1 aliphatic carbocycles. The van der Waals surface area contributed by atoms with E-state index in [9.17, 15) is 4.79 Å². The standard InChI is InChI=1S/C24H26N2O3/c1-17(15-18-8-9-18)25-16-20-5-2-3-6-23(20)29-24(27)26-21-12-10-19(11-13-21)22-7-4-14-28-22/h2-7,10-14,17-18,25H,8-9,15-16H2,1H3,(H,26,27). The Labute approximate surface area is 171 Å². The quantitative estimate of drug-likeness (QED) is 0.507. The van der Waals surface area contributed by atoms with Gasteiger partial charge in [-0.15, -0.1) is 0 Å². The summed E-state index contributed by atoms with van der Waals surface area (Å²) in [4.78, 5) is 12.4. The molecule has 4 rings (SSSR count). The van der Waals surface area contributed by atoms with Crippen molar-refractivity contribution >= 4 is 11.8 Å². The third-order valence-electron chi connectivity index (χ3n) is 5.14. The van der Waals surface area contributed by atoms with Gasteiger partial charge in [0.05, 0.1) is 6.26 Å². The third kappa shape index (κ3) is 5.48. The molecule has 0 bridgehead atoms. The van der Waals surface area contributed by atoms with E-state index in [1.165, 1.54) is 19.3 Å². The highest BCUT2D eigenvalue weighted by Crippen LogP contribution is 2.33. The summed E-state index contributed by atoms with van der Waals surface area (Å²) >= 11 is 0. The highest BCUT2D eigenvalue weighted by Gasteiger charge is 2.23. The van der Waals surface area contributed by atoms with Gasteiger partial charge in [-0.2, -0.15) is 0 Å². The van der Waals surface area contributed by atoms with Gasteiger partial charge in [0.15, 0.2) is 0 Å². The van der Waals surface area contributed by atoms with Crippen molar-refractivity contribution in [3.8, 4) is 17.1 Å². The highest BCUT2D eigenvalue weighted by molar-refractivity contribution is 5.86. The Balaban J connectivity index is 1.33. The number of para-hydroxylation sites is 1. The van der Waals surface area contributed by atoms with E-state index in [4.69, 9.17) is 9.15 Å². The van der Waals surface area contributed by atoms with Crippen molar-refractivity contribution in [1.82, 2.24) is 5.32 Å². The molecule has 1 heterocycles. The molecule has 1 aliphatic rings. The zero-order chi connectivity index (χ0) is 20.1. The topological polar surface area (TPSA) is 63.5 Å². The van der Waals surface area contributed by atoms with Gasteiger partial charge >= 0.3 is 6.09 Å². The molecule has 5 nitrogen and oxygen atoms in total. The second kappa shape index (κ2) is 8.97. The minimum absolute atomic E-state index is 0.456. The van der Waals surface area contributed by atoms with Gasteiger partial charge in [-0.05, 0) is 61.7 Å². The predicted octanol–water partition coefficient (Wildman–Crippen LogP) is 5.84. The van der Waals surface area contributed by atoms with Crippen molar-refractivity contribution in [3.05, 3.63) is 72.5 Å². The number of carbonyl (C=O) groups is 1. The van der Waals surface area contributed by atoms with E-state index in [2.05, 4.69) is 17.6 Å². The van der Waals surface area contributed by atoms with Crippen LogP contribution in [-0.2, 0) is 6.54 Å². The number of carbonyl (C=O) groups excluding carboxylic acids is 1. The molecule has 5 heteroatoms. The maximum atomic E-state index is 12.4. The lowest BCUT2D eigenvalue weighted by Crippen LogP contribution is -2.26. The van der Waals surface area contributed by atoms with Crippen LogP contribution in [0.25, 0.3) is 11.3 Å². The lowest BCUT2D eigenvalue weighted by atomic mass is 10.1. The molecule has 0 radical (unpaired) electrons. The first kappa shape index (κ1) is 19.3. The minimum atomic E-state index is -0.505. The third-order valence-corrected chi connectivity index (χ3v) is 5.14. The summed E-state index contributed by atoms with van der Waals surface area (Å²) in [6.07, 6.45) is 5.05. The van der Waals surface area contributed by atoms with Crippen LogP contribution in [0.15, 0.2) is 71.3 Å². The Morgan fingerprint density at radius 3 is 2.62 bits per heavy atom. The van der Waals surface area contributed by atoms with Crippen molar-refractivity contribution in [1.29, 1.82) is 0 Å². The van der Waals surface area contributed by atoms with E-state index in [0.717, 1.165) is 22.8 Å². The van der Waals surface area contributed by atoms with Crippen LogP contribution in [0, 0.1) is 5.92 Å². The Hall–Kier alpha value is -3.05. The van der Waals surface area contributed by atoms with Crippen LogP contribution >= 0.6 is 0 Å². The van der Waals surface area contributed by atoms with Gasteiger partial charge in [0.1, 0.15) is 11.5 Å². The number of anilines is 1. The van der Waals surface area contributed by atoms with E-state index in [1.807, 2.05) is 60.7 Å². The summed E-state index contributed by atoms with van der Waals surface area (Å²) in [6.45, 7) is 2.88. The Kier molecular flexibility index (Phi) is 5.96. The van der Waals surface area contributed by atoms with E-state index in [1.54, 1.807) is 6.26 Å². The largest absolute Gasteiger partial charge is 0.464 e. The molecule has 1 aromatic heterocycles. The molecule has 2 N–H and O–H groups in total. The van der Waals surface area contributed by atoms with Crippen LogP contribution in [0.5, 0.6) is 5.75 Å². The number of benzene rings is 2. The van der Waals surface area contributed by atoms with Crippen molar-refractivity contribution in [2.45, 2.75) is 38.8 Å². The first-order chi connectivity index (χ1) is 14.2. The molecule has 0 saturated heterocycles. The molecule has 2 aromatic carbocycles. The second-order valence-corrected chi connectivity index (χ2v) is 7.64. The van der Waals surface area contributed by atoms with Crippen molar-refractivity contribution in [3.63, 3.8) is 0 Å². The summed E-state index contributed by atoms with van der Waals surface area (Å²) in [5.41, 5.74) is 2.59. The monoisotopic (exact) mass is 390 g/mol. The van der Waals surface area contributed by atoms with Crippen LogP contribution in [0.3, 0.4) is 0 Å². The number of ether oxygens (including phenoxy) is 1. The van der Waals surface area contributed by atoms with Gasteiger partial charge in [-0.1, -0.05) is 31.0 Å². The zero-order valence-corrected chi connectivity index (χ0v) is 16.6. The van der Waals surface area contributed by atoms with Gasteiger partial charge in [-0.3, -0.25) is 5.32 Å². The molecule has 1 atom stereocenters. The summed E-state index contributed by atoms with van der Waals surface area (Å²) in [6, 6.07) is 19.3. The average molecular weight is 390 g/mol. The maximum Gasteiger partial charge on any atom is 0.417 e. The smallest absolute Gasteiger partial charge is 0.417 e. The lowest BCUT2D eigenvalue weighted by molar-refractivity contribution is 0.214. The van der Waals surface area contributed by atoms with Crippen LogP contribution in [0.1, 0.15) is 31.7 Å². The number of furan rings is 1. The van der Waals surface area contributed by atoms with E-state index >= 15 is 0 Å².